The molecule has 2 aromatic rings. The summed E-state index contributed by atoms with van der Waals surface area (Å²) in [5, 5.41) is 3.08. The standard InChI is InChI=1S/C20H26N4O3S/c1-28-13-16-2-3-18(27-16)19(25)22-15-5-9-24(12-15)20-21-8-4-17(23-20)14-6-10-26-11-7-14/h2-4,8,14-15H,5-7,9-13H2,1H3,(H,22,25). The number of furan rings is 1. The van der Waals surface area contributed by atoms with Crippen LogP contribution >= 0.6 is 11.8 Å². The van der Waals surface area contributed by atoms with Crippen LogP contribution in [-0.4, -0.2) is 54.5 Å². The van der Waals surface area contributed by atoms with Gasteiger partial charge in [0.2, 0.25) is 5.95 Å². The Kier molecular flexibility index (Phi) is 6.17. The molecule has 0 bridgehead atoms. The van der Waals surface area contributed by atoms with Crippen LogP contribution in [0, 0.1) is 0 Å². The molecule has 4 rings (SSSR count). The number of carbonyl (C=O) groups excluding carboxylic acids is 1. The van der Waals surface area contributed by atoms with Gasteiger partial charge in [-0.1, -0.05) is 0 Å². The zero-order chi connectivity index (χ0) is 19.3. The summed E-state index contributed by atoms with van der Waals surface area (Å²) in [6.07, 6.45) is 6.74. The first-order valence-corrected chi connectivity index (χ1v) is 11.2. The van der Waals surface area contributed by atoms with Gasteiger partial charge in [-0.3, -0.25) is 4.79 Å². The van der Waals surface area contributed by atoms with Crippen LogP contribution in [0.3, 0.4) is 0 Å². The molecule has 2 aliphatic heterocycles. The Labute approximate surface area is 169 Å². The van der Waals surface area contributed by atoms with Crippen molar-refractivity contribution in [1.82, 2.24) is 15.3 Å². The first-order valence-electron chi connectivity index (χ1n) is 9.77. The van der Waals surface area contributed by atoms with Crippen LogP contribution in [0.5, 0.6) is 0 Å². The van der Waals surface area contributed by atoms with Gasteiger partial charge in [-0.25, -0.2) is 9.97 Å². The van der Waals surface area contributed by atoms with Crippen LogP contribution in [0.15, 0.2) is 28.8 Å². The molecule has 2 aliphatic rings. The highest BCUT2D eigenvalue weighted by molar-refractivity contribution is 7.97. The van der Waals surface area contributed by atoms with Crippen molar-refractivity contribution in [3.8, 4) is 0 Å². The molecule has 7 nitrogen and oxygen atoms in total. The van der Waals surface area contributed by atoms with Crippen LogP contribution in [0.25, 0.3) is 0 Å². The number of ether oxygens (including phenoxy) is 1. The Hall–Kier alpha value is -2.06. The Morgan fingerprint density at radius 2 is 2.14 bits per heavy atom. The number of nitrogens with one attached hydrogen (secondary N) is 1. The Bertz CT molecular complexity index is 806. The lowest BCUT2D eigenvalue weighted by Gasteiger charge is -2.23. The van der Waals surface area contributed by atoms with Crippen molar-refractivity contribution < 1.29 is 13.9 Å². The molecule has 0 aliphatic carbocycles. The van der Waals surface area contributed by atoms with Crippen molar-refractivity contribution in [2.24, 2.45) is 0 Å². The number of carbonyl (C=O) groups is 1. The second-order valence-electron chi connectivity index (χ2n) is 7.27. The molecule has 28 heavy (non-hydrogen) atoms. The van der Waals surface area contributed by atoms with Crippen LogP contribution in [0.1, 0.15) is 47.2 Å². The number of aromatic nitrogens is 2. The molecule has 1 amide bonds. The first-order chi connectivity index (χ1) is 13.7. The number of hydrogen-bond acceptors (Lipinski definition) is 7. The summed E-state index contributed by atoms with van der Waals surface area (Å²) in [6.45, 7) is 3.14. The molecule has 8 heteroatoms. The lowest BCUT2D eigenvalue weighted by molar-refractivity contribution is 0.0845. The third kappa shape index (κ3) is 4.50. The predicted octanol–water partition coefficient (Wildman–Crippen LogP) is 2.84. The van der Waals surface area contributed by atoms with E-state index in [4.69, 9.17) is 14.1 Å². The second-order valence-corrected chi connectivity index (χ2v) is 8.14. The van der Waals surface area contributed by atoms with Gasteiger partial charge in [0.1, 0.15) is 5.76 Å². The van der Waals surface area contributed by atoms with Crippen molar-refractivity contribution >= 4 is 23.6 Å². The lowest BCUT2D eigenvalue weighted by Crippen LogP contribution is -2.37. The molecular formula is C20H26N4O3S. The van der Waals surface area contributed by atoms with Crippen LogP contribution in [0.4, 0.5) is 5.95 Å². The van der Waals surface area contributed by atoms with Crippen molar-refractivity contribution in [3.05, 3.63) is 41.6 Å². The Morgan fingerprint density at radius 1 is 1.29 bits per heavy atom. The van der Waals surface area contributed by atoms with Crippen molar-refractivity contribution in [2.75, 3.05) is 37.5 Å². The number of thioether (sulfide) groups is 1. The molecule has 0 spiro atoms. The molecule has 1 atom stereocenters. The van der Waals surface area contributed by atoms with Crippen LogP contribution in [0.2, 0.25) is 0 Å². The summed E-state index contributed by atoms with van der Waals surface area (Å²) in [5.41, 5.74) is 1.10. The van der Waals surface area contributed by atoms with E-state index in [0.29, 0.717) is 18.2 Å². The van der Waals surface area contributed by atoms with Crippen molar-refractivity contribution in [3.63, 3.8) is 0 Å². The van der Waals surface area contributed by atoms with E-state index in [0.717, 1.165) is 62.2 Å². The lowest BCUT2D eigenvalue weighted by atomic mass is 9.96. The van der Waals surface area contributed by atoms with Gasteiger partial charge in [0, 0.05) is 50.2 Å². The fourth-order valence-corrected chi connectivity index (χ4v) is 4.21. The third-order valence-electron chi connectivity index (χ3n) is 5.28. The summed E-state index contributed by atoms with van der Waals surface area (Å²) in [5.74, 6) is 3.01. The zero-order valence-electron chi connectivity index (χ0n) is 16.1. The topological polar surface area (TPSA) is 80.5 Å². The summed E-state index contributed by atoms with van der Waals surface area (Å²) in [6, 6.07) is 5.69. The smallest absolute Gasteiger partial charge is 0.287 e. The summed E-state index contributed by atoms with van der Waals surface area (Å²) in [7, 11) is 0. The average molecular weight is 403 g/mol. The van der Waals surface area contributed by atoms with E-state index in [1.54, 1.807) is 17.8 Å². The molecule has 150 valence electrons. The molecule has 0 radical (unpaired) electrons. The minimum atomic E-state index is -0.156. The third-order valence-corrected chi connectivity index (χ3v) is 5.86. The minimum Gasteiger partial charge on any atom is -0.455 e. The molecule has 2 aromatic heterocycles. The van der Waals surface area contributed by atoms with Crippen molar-refractivity contribution in [1.29, 1.82) is 0 Å². The highest BCUT2D eigenvalue weighted by Gasteiger charge is 2.27. The van der Waals surface area contributed by atoms with Gasteiger partial charge in [-0.2, -0.15) is 11.8 Å². The number of anilines is 1. The van der Waals surface area contributed by atoms with Gasteiger partial charge in [0.25, 0.3) is 5.91 Å². The maximum atomic E-state index is 12.4. The molecule has 1 N–H and O–H groups in total. The maximum absolute atomic E-state index is 12.4. The van der Waals surface area contributed by atoms with E-state index in [2.05, 4.69) is 15.2 Å². The molecule has 2 saturated heterocycles. The second kappa shape index (κ2) is 8.96. The first kappa shape index (κ1) is 19.3. The van der Waals surface area contributed by atoms with Gasteiger partial charge in [-0.05, 0) is 43.7 Å². The van der Waals surface area contributed by atoms with Gasteiger partial charge < -0.3 is 19.4 Å². The molecule has 1 unspecified atom stereocenters. The number of rotatable bonds is 6. The fourth-order valence-electron chi connectivity index (χ4n) is 3.77. The molecule has 2 fully saturated rings. The van der Waals surface area contributed by atoms with Crippen LogP contribution < -0.4 is 10.2 Å². The Morgan fingerprint density at radius 3 is 2.96 bits per heavy atom. The number of amides is 1. The van der Waals surface area contributed by atoms with E-state index in [9.17, 15) is 4.79 Å². The highest BCUT2D eigenvalue weighted by atomic mass is 32.2. The van der Waals surface area contributed by atoms with Gasteiger partial charge in [0.15, 0.2) is 5.76 Å². The monoisotopic (exact) mass is 402 g/mol. The van der Waals surface area contributed by atoms with E-state index in [1.165, 1.54) is 0 Å². The normalized spacial score (nSPS) is 20.5. The fraction of sp³-hybridized carbons (Fsp3) is 0.550. The predicted molar refractivity (Wildman–Crippen MR) is 109 cm³/mol. The molecule has 0 saturated carbocycles. The van der Waals surface area contributed by atoms with Crippen LogP contribution in [-0.2, 0) is 10.5 Å². The number of nitrogens with zero attached hydrogens (tertiary/aromatic N) is 3. The SMILES string of the molecule is CSCc1ccc(C(=O)NC2CCN(c3nccc(C4CCOCC4)n3)C2)o1. The van der Waals surface area contributed by atoms with E-state index in [-0.39, 0.29) is 11.9 Å². The molecule has 0 aromatic carbocycles. The minimum absolute atomic E-state index is 0.0666. The zero-order valence-corrected chi connectivity index (χ0v) is 16.9. The van der Waals surface area contributed by atoms with E-state index >= 15 is 0 Å². The molecule has 4 heterocycles. The highest BCUT2D eigenvalue weighted by Crippen LogP contribution is 2.27. The summed E-state index contributed by atoms with van der Waals surface area (Å²) in [4.78, 5) is 23.9. The largest absolute Gasteiger partial charge is 0.455 e. The molecular weight excluding hydrogens is 376 g/mol. The van der Waals surface area contributed by atoms with Gasteiger partial charge in [0.05, 0.1) is 5.75 Å². The quantitative estimate of drug-likeness (QED) is 0.796. The Balaban J connectivity index is 1.35. The average Bonchev–Trinajstić information content (AvgIpc) is 3.39. The summed E-state index contributed by atoms with van der Waals surface area (Å²) < 4.78 is 11.1. The van der Waals surface area contributed by atoms with Gasteiger partial charge in [-0.15, -0.1) is 0 Å². The van der Waals surface area contributed by atoms with E-state index in [1.807, 2.05) is 24.6 Å². The summed E-state index contributed by atoms with van der Waals surface area (Å²) >= 11 is 1.67. The number of hydrogen-bond donors (Lipinski definition) is 1. The van der Waals surface area contributed by atoms with Crippen molar-refractivity contribution in [2.45, 2.75) is 37.0 Å². The maximum Gasteiger partial charge on any atom is 0.287 e. The van der Waals surface area contributed by atoms with Gasteiger partial charge >= 0.3 is 0 Å². The van der Waals surface area contributed by atoms with E-state index < -0.39 is 0 Å².